The quantitative estimate of drug-likeness (QED) is 0.701. The number of hydrogen-bond donors (Lipinski definition) is 3. The molecule has 0 heterocycles. The zero-order valence-corrected chi connectivity index (χ0v) is 12.9. The van der Waals surface area contributed by atoms with E-state index >= 15 is 0 Å². The highest BCUT2D eigenvalue weighted by Gasteiger charge is 2.43. The van der Waals surface area contributed by atoms with Crippen LogP contribution in [0.5, 0.6) is 0 Å². The number of amides is 2. The van der Waals surface area contributed by atoms with Gasteiger partial charge in [0.1, 0.15) is 5.54 Å². The fourth-order valence-corrected chi connectivity index (χ4v) is 3.08. The third-order valence-corrected chi connectivity index (χ3v) is 4.22. The summed E-state index contributed by atoms with van der Waals surface area (Å²) in [5.41, 5.74) is -1.09. The Labute approximate surface area is 121 Å². The van der Waals surface area contributed by atoms with Crippen LogP contribution in [0.3, 0.4) is 0 Å². The van der Waals surface area contributed by atoms with Crippen LogP contribution in [-0.4, -0.2) is 28.7 Å². The van der Waals surface area contributed by atoms with Gasteiger partial charge in [0.05, 0.1) is 0 Å². The van der Waals surface area contributed by atoms with Crippen molar-refractivity contribution in [2.75, 3.05) is 0 Å². The number of carboxylic acids is 1. The first-order valence-electron chi connectivity index (χ1n) is 7.75. The van der Waals surface area contributed by atoms with Crippen molar-refractivity contribution in [2.24, 2.45) is 5.92 Å². The lowest BCUT2D eigenvalue weighted by atomic mass is 9.76. The van der Waals surface area contributed by atoms with Gasteiger partial charge in [-0.05, 0) is 31.6 Å². The predicted molar refractivity (Wildman–Crippen MR) is 78.7 cm³/mol. The van der Waals surface area contributed by atoms with Gasteiger partial charge < -0.3 is 15.7 Å². The fourth-order valence-electron chi connectivity index (χ4n) is 3.08. The molecule has 1 aliphatic carbocycles. The van der Waals surface area contributed by atoms with Crippen LogP contribution in [0.15, 0.2) is 0 Å². The molecule has 3 atom stereocenters. The second-order valence-corrected chi connectivity index (χ2v) is 6.08. The average molecular weight is 284 g/mol. The normalized spacial score (nSPS) is 27.6. The maximum atomic E-state index is 12.1. The van der Waals surface area contributed by atoms with Gasteiger partial charge in [0.25, 0.3) is 0 Å². The van der Waals surface area contributed by atoms with Crippen LogP contribution in [0.25, 0.3) is 0 Å². The molecule has 116 valence electrons. The molecule has 0 aliphatic heterocycles. The first-order valence-corrected chi connectivity index (χ1v) is 7.75. The highest BCUT2D eigenvalue weighted by Crippen LogP contribution is 2.32. The Morgan fingerprint density at radius 3 is 2.60 bits per heavy atom. The highest BCUT2D eigenvalue weighted by molar-refractivity contribution is 5.86. The Morgan fingerprint density at radius 2 is 2.10 bits per heavy atom. The van der Waals surface area contributed by atoms with Gasteiger partial charge in [-0.3, -0.25) is 0 Å². The molecule has 1 saturated carbocycles. The molecule has 1 rings (SSSR count). The van der Waals surface area contributed by atoms with E-state index < -0.39 is 11.5 Å². The van der Waals surface area contributed by atoms with Crippen molar-refractivity contribution in [1.29, 1.82) is 0 Å². The van der Waals surface area contributed by atoms with Gasteiger partial charge in [-0.25, -0.2) is 9.59 Å². The average Bonchev–Trinajstić information content (AvgIpc) is 2.37. The fraction of sp³-hybridized carbons (Fsp3) is 0.867. The zero-order valence-electron chi connectivity index (χ0n) is 12.9. The molecule has 5 heteroatoms. The van der Waals surface area contributed by atoms with Crippen LogP contribution in [0.2, 0.25) is 0 Å². The Kier molecular flexibility index (Phi) is 6.30. The number of carbonyl (C=O) groups excluding carboxylic acids is 1. The number of urea groups is 1. The number of rotatable bonds is 6. The highest BCUT2D eigenvalue weighted by atomic mass is 16.4. The van der Waals surface area contributed by atoms with E-state index in [1.54, 1.807) is 0 Å². The summed E-state index contributed by atoms with van der Waals surface area (Å²) in [7, 11) is 0. The van der Waals surface area contributed by atoms with Crippen molar-refractivity contribution in [2.45, 2.75) is 77.3 Å². The first-order chi connectivity index (χ1) is 9.43. The molecule has 1 aliphatic rings. The predicted octanol–water partition coefficient (Wildman–Crippen LogP) is 2.90. The molecule has 0 radical (unpaired) electrons. The smallest absolute Gasteiger partial charge is 0.329 e. The summed E-state index contributed by atoms with van der Waals surface area (Å²) in [6, 6.07) is -0.228. The molecule has 3 N–H and O–H groups in total. The van der Waals surface area contributed by atoms with Gasteiger partial charge in [-0.15, -0.1) is 0 Å². The SMILES string of the molecule is CCCC(CC)NC(=O)NC1(C(=O)O)CCCC(C)C1. The largest absolute Gasteiger partial charge is 0.480 e. The first kappa shape index (κ1) is 16.8. The van der Waals surface area contributed by atoms with E-state index in [9.17, 15) is 14.7 Å². The Hall–Kier alpha value is -1.26. The monoisotopic (exact) mass is 284 g/mol. The van der Waals surface area contributed by atoms with Crippen molar-refractivity contribution in [3.63, 3.8) is 0 Å². The summed E-state index contributed by atoms with van der Waals surface area (Å²) in [6.45, 7) is 6.14. The molecule has 0 aromatic rings. The lowest BCUT2D eigenvalue weighted by Gasteiger charge is -2.37. The van der Waals surface area contributed by atoms with E-state index in [0.29, 0.717) is 18.8 Å². The van der Waals surface area contributed by atoms with Gasteiger partial charge in [0, 0.05) is 6.04 Å². The van der Waals surface area contributed by atoms with Crippen molar-refractivity contribution in [1.82, 2.24) is 10.6 Å². The van der Waals surface area contributed by atoms with Crippen LogP contribution in [-0.2, 0) is 4.79 Å². The van der Waals surface area contributed by atoms with Crippen molar-refractivity contribution < 1.29 is 14.7 Å². The number of carboxylic acid groups (broad SMARTS) is 1. The van der Waals surface area contributed by atoms with E-state index in [4.69, 9.17) is 0 Å². The summed E-state index contributed by atoms with van der Waals surface area (Å²) in [5, 5.41) is 15.1. The molecule has 0 bridgehead atoms. The van der Waals surface area contributed by atoms with E-state index in [1.807, 2.05) is 13.8 Å². The maximum Gasteiger partial charge on any atom is 0.329 e. The summed E-state index contributed by atoms with van der Waals surface area (Å²) < 4.78 is 0. The standard InChI is InChI=1S/C15H28N2O3/c1-4-7-12(5-2)16-14(20)17-15(13(18)19)9-6-8-11(3)10-15/h11-12H,4-10H2,1-3H3,(H,18,19)(H2,16,17,20). The summed E-state index contributed by atoms with van der Waals surface area (Å²) in [4.78, 5) is 23.7. The van der Waals surface area contributed by atoms with Crippen molar-refractivity contribution >= 4 is 12.0 Å². The van der Waals surface area contributed by atoms with E-state index in [0.717, 1.165) is 32.1 Å². The van der Waals surface area contributed by atoms with E-state index in [2.05, 4.69) is 17.6 Å². The summed E-state index contributed by atoms with van der Waals surface area (Å²) in [5.74, 6) is -0.583. The van der Waals surface area contributed by atoms with Gasteiger partial charge >= 0.3 is 12.0 Å². The van der Waals surface area contributed by atoms with Crippen LogP contribution in [0, 0.1) is 5.92 Å². The second-order valence-electron chi connectivity index (χ2n) is 6.08. The third-order valence-electron chi connectivity index (χ3n) is 4.22. The van der Waals surface area contributed by atoms with Gasteiger partial charge in [-0.2, -0.15) is 0 Å². The topological polar surface area (TPSA) is 78.4 Å². The summed E-state index contributed by atoms with van der Waals surface area (Å²) >= 11 is 0. The molecule has 20 heavy (non-hydrogen) atoms. The molecule has 0 saturated heterocycles. The zero-order chi connectivity index (χ0) is 15.2. The maximum absolute atomic E-state index is 12.1. The molecule has 0 aromatic carbocycles. The number of carbonyl (C=O) groups is 2. The van der Waals surface area contributed by atoms with Crippen LogP contribution in [0.4, 0.5) is 4.79 Å². The minimum Gasteiger partial charge on any atom is -0.480 e. The van der Waals surface area contributed by atoms with Gasteiger partial charge in [-0.1, -0.05) is 40.0 Å². The van der Waals surface area contributed by atoms with E-state index in [-0.39, 0.29) is 12.1 Å². The molecule has 0 spiro atoms. The molecule has 0 aromatic heterocycles. The molecular formula is C15H28N2O3. The van der Waals surface area contributed by atoms with Crippen LogP contribution in [0.1, 0.15) is 65.7 Å². The number of hydrogen-bond acceptors (Lipinski definition) is 2. The minimum atomic E-state index is -1.09. The minimum absolute atomic E-state index is 0.117. The third kappa shape index (κ3) is 4.39. The van der Waals surface area contributed by atoms with Gasteiger partial charge in [0.2, 0.25) is 0 Å². The second kappa shape index (κ2) is 7.50. The van der Waals surface area contributed by atoms with Crippen molar-refractivity contribution in [3.05, 3.63) is 0 Å². The lowest BCUT2D eigenvalue weighted by molar-refractivity contribution is -0.146. The molecule has 2 amide bonds. The Morgan fingerprint density at radius 1 is 1.40 bits per heavy atom. The Balaban J connectivity index is 2.66. The molecule has 3 unspecified atom stereocenters. The Bertz CT molecular complexity index is 346. The van der Waals surface area contributed by atoms with Crippen molar-refractivity contribution in [3.8, 4) is 0 Å². The molecule has 5 nitrogen and oxygen atoms in total. The number of nitrogens with one attached hydrogen (secondary N) is 2. The molecular weight excluding hydrogens is 256 g/mol. The number of aliphatic carboxylic acids is 1. The lowest BCUT2D eigenvalue weighted by Crippen LogP contribution is -2.60. The summed E-state index contributed by atoms with van der Waals surface area (Å²) in [6.07, 6.45) is 5.69. The van der Waals surface area contributed by atoms with E-state index in [1.165, 1.54) is 0 Å². The van der Waals surface area contributed by atoms with Crippen LogP contribution < -0.4 is 10.6 Å². The van der Waals surface area contributed by atoms with Crippen LogP contribution >= 0.6 is 0 Å². The van der Waals surface area contributed by atoms with Gasteiger partial charge in [0.15, 0.2) is 0 Å². The molecule has 1 fully saturated rings.